The van der Waals surface area contributed by atoms with Gasteiger partial charge in [0.25, 0.3) is 0 Å². The number of unbranched alkanes of at least 4 members (excludes halogenated alkanes) is 6. The van der Waals surface area contributed by atoms with Crippen LogP contribution in [0.2, 0.25) is 0 Å². The maximum absolute atomic E-state index is 10.3. The molecule has 1 N–H and O–H groups in total. The molecule has 108 valence electrons. The molecule has 0 aromatic rings. The number of carbonyl (C=O) groups is 1. The Kier molecular flexibility index (Phi) is 10.1. The second-order valence-corrected chi connectivity index (χ2v) is 6.28. The first-order valence-corrected chi connectivity index (χ1v) is 7.70. The van der Waals surface area contributed by atoms with Crippen LogP contribution in [0.5, 0.6) is 0 Å². The van der Waals surface area contributed by atoms with Crippen LogP contribution < -0.4 is 0 Å². The summed E-state index contributed by atoms with van der Waals surface area (Å²) in [6, 6.07) is 0. The van der Waals surface area contributed by atoms with Gasteiger partial charge < -0.3 is 5.11 Å². The number of carboxylic acid groups (broad SMARTS) is 1. The number of hydrogen-bond acceptors (Lipinski definition) is 1. The Labute approximate surface area is 113 Å². The number of aliphatic carboxylic acids is 1. The third-order valence-electron chi connectivity index (χ3n) is 3.70. The van der Waals surface area contributed by atoms with Crippen molar-refractivity contribution in [3.05, 3.63) is 0 Å². The van der Waals surface area contributed by atoms with E-state index in [0.717, 1.165) is 12.8 Å². The molecule has 2 nitrogen and oxygen atoms in total. The van der Waals surface area contributed by atoms with Gasteiger partial charge in [-0.2, -0.15) is 0 Å². The summed E-state index contributed by atoms with van der Waals surface area (Å²) in [6.45, 7) is 7.03. The Morgan fingerprint density at radius 1 is 0.889 bits per heavy atom. The zero-order chi connectivity index (χ0) is 13.9. The molecule has 0 radical (unpaired) electrons. The Balaban J connectivity index is 3.31. The molecule has 0 atom stereocenters. The van der Waals surface area contributed by atoms with Crippen molar-refractivity contribution in [1.29, 1.82) is 0 Å². The minimum atomic E-state index is -0.660. The standard InChI is InChI=1S/C16H32O2/c1-4-5-13-16(2,3)14-11-9-7-6-8-10-12-15(17)18/h4-14H2,1-3H3,(H,17,18). The largest absolute Gasteiger partial charge is 0.481 e. The van der Waals surface area contributed by atoms with Crippen molar-refractivity contribution in [2.75, 3.05) is 0 Å². The fourth-order valence-electron chi connectivity index (χ4n) is 2.37. The Bertz CT molecular complexity index is 209. The molecule has 0 fully saturated rings. The van der Waals surface area contributed by atoms with E-state index in [2.05, 4.69) is 20.8 Å². The lowest BCUT2D eigenvalue weighted by molar-refractivity contribution is -0.137. The smallest absolute Gasteiger partial charge is 0.303 e. The van der Waals surface area contributed by atoms with Crippen LogP contribution in [0.1, 0.15) is 91.4 Å². The van der Waals surface area contributed by atoms with Crippen LogP contribution in [0.3, 0.4) is 0 Å². The van der Waals surface area contributed by atoms with Gasteiger partial charge in [0.1, 0.15) is 0 Å². The van der Waals surface area contributed by atoms with E-state index in [1.54, 1.807) is 0 Å². The molecule has 0 aromatic heterocycles. The van der Waals surface area contributed by atoms with Crippen LogP contribution in [-0.2, 0) is 4.79 Å². The summed E-state index contributed by atoms with van der Waals surface area (Å²) < 4.78 is 0. The monoisotopic (exact) mass is 256 g/mol. The fraction of sp³-hybridized carbons (Fsp3) is 0.938. The van der Waals surface area contributed by atoms with Gasteiger partial charge in [0.15, 0.2) is 0 Å². The van der Waals surface area contributed by atoms with E-state index in [1.807, 2.05) is 0 Å². The summed E-state index contributed by atoms with van der Waals surface area (Å²) in [5.41, 5.74) is 0.513. The first-order valence-electron chi connectivity index (χ1n) is 7.70. The molecule has 0 unspecified atom stereocenters. The number of carboxylic acids is 1. The van der Waals surface area contributed by atoms with Crippen molar-refractivity contribution < 1.29 is 9.90 Å². The van der Waals surface area contributed by atoms with Gasteiger partial charge in [-0.05, 0) is 24.7 Å². The maximum Gasteiger partial charge on any atom is 0.303 e. The average Bonchev–Trinajstić information content (AvgIpc) is 2.29. The normalized spacial score (nSPS) is 11.7. The molecule has 18 heavy (non-hydrogen) atoms. The van der Waals surface area contributed by atoms with Crippen molar-refractivity contribution in [1.82, 2.24) is 0 Å². The lowest BCUT2D eigenvalue weighted by Gasteiger charge is -2.24. The van der Waals surface area contributed by atoms with E-state index in [4.69, 9.17) is 5.11 Å². The van der Waals surface area contributed by atoms with E-state index in [-0.39, 0.29) is 0 Å². The van der Waals surface area contributed by atoms with Crippen molar-refractivity contribution in [3.63, 3.8) is 0 Å². The Hall–Kier alpha value is -0.530. The predicted molar refractivity (Wildman–Crippen MR) is 77.9 cm³/mol. The Morgan fingerprint density at radius 2 is 1.39 bits per heavy atom. The lowest BCUT2D eigenvalue weighted by atomic mass is 9.82. The first kappa shape index (κ1) is 17.5. The number of rotatable bonds is 12. The second kappa shape index (κ2) is 10.4. The van der Waals surface area contributed by atoms with Gasteiger partial charge in [-0.25, -0.2) is 0 Å². The number of hydrogen-bond donors (Lipinski definition) is 1. The SMILES string of the molecule is CCCCC(C)(C)CCCCCCCCC(=O)O. The highest BCUT2D eigenvalue weighted by Gasteiger charge is 2.15. The van der Waals surface area contributed by atoms with Crippen molar-refractivity contribution in [3.8, 4) is 0 Å². The first-order chi connectivity index (χ1) is 8.48. The van der Waals surface area contributed by atoms with E-state index in [9.17, 15) is 4.79 Å². The maximum atomic E-state index is 10.3. The molecule has 0 aliphatic heterocycles. The molecule has 0 aliphatic carbocycles. The van der Waals surface area contributed by atoms with Gasteiger partial charge in [-0.3, -0.25) is 4.79 Å². The Morgan fingerprint density at radius 3 is 1.94 bits per heavy atom. The molecule has 0 spiro atoms. The van der Waals surface area contributed by atoms with Crippen molar-refractivity contribution in [2.45, 2.75) is 91.4 Å². The van der Waals surface area contributed by atoms with Crippen LogP contribution >= 0.6 is 0 Å². The van der Waals surface area contributed by atoms with Crippen LogP contribution in [0.15, 0.2) is 0 Å². The quantitative estimate of drug-likeness (QED) is 0.474. The van der Waals surface area contributed by atoms with Crippen LogP contribution in [0, 0.1) is 5.41 Å². The van der Waals surface area contributed by atoms with Crippen LogP contribution in [0.25, 0.3) is 0 Å². The van der Waals surface area contributed by atoms with E-state index >= 15 is 0 Å². The molecule has 0 rings (SSSR count). The highest BCUT2D eigenvalue weighted by atomic mass is 16.4. The minimum Gasteiger partial charge on any atom is -0.481 e. The summed E-state index contributed by atoms with van der Waals surface area (Å²) in [5.74, 6) is -0.660. The van der Waals surface area contributed by atoms with Crippen molar-refractivity contribution in [2.24, 2.45) is 5.41 Å². The van der Waals surface area contributed by atoms with Crippen molar-refractivity contribution >= 4 is 5.97 Å². The summed E-state index contributed by atoms with van der Waals surface area (Å²) in [7, 11) is 0. The molecular weight excluding hydrogens is 224 g/mol. The molecule has 0 saturated heterocycles. The molecule has 0 saturated carbocycles. The molecule has 0 amide bonds. The average molecular weight is 256 g/mol. The summed E-state index contributed by atoms with van der Waals surface area (Å²) in [4.78, 5) is 10.3. The summed E-state index contributed by atoms with van der Waals surface area (Å²) in [5, 5.41) is 8.51. The van der Waals surface area contributed by atoms with E-state index in [0.29, 0.717) is 11.8 Å². The molecule has 0 bridgehead atoms. The topological polar surface area (TPSA) is 37.3 Å². The molecule has 2 heteroatoms. The molecule has 0 aliphatic rings. The third-order valence-corrected chi connectivity index (χ3v) is 3.70. The fourth-order valence-corrected chi connectivity index (χ4v) is 2.37. The minimum absolute atomic E-state index is 0.337. The van der Waals surface area contributed by atoms with Crippen LogP contribution in [-0.4, -0.2) is 11.1 Å². The highest BCUT2D eigenvalue weighted by molar-refractivity contribution is 5.66. The van der Waals surface area contributed by atoms with E-state index in [1.165, 1.54) is 51.4 Å². The van der Waals surface area contributed by atoms with Gasteiger partial charge in [-0.1, -0.05) is 65.7 Å². The zero-order valence-electron chi connectivity index (χ0n) is 12.6. The van der Waals surface area contributed by atoms with Gasteiger partial charge in [0.05, 0.1) is 0 Å². The van der Waals surface area contributed by atoms with E-state index < -0.39 is 5.97 Å². The molecule has 0 aromatic carbocycles. The summed E-state index contributed by atoms with van der Waals surface area (Å²) in [6.07, 6.45) is 12.7. The van der Waals surface area contributed by atoms with Gasteiger partial charge in [-0.15, -0.1) is 0 Å². The zero-order valence-corrected chi connectivity index (χ0v) is 12.6. The van der Waals surface area contributed by atoms with Gasteiger partial charge in [0.2, 0.25) is 0 Å². The summed E-state index contributed by atoms with van der Waals surface area (Å²) >= 11 is 0. The third kappa shape index (κ3) is 11.9. The second-order valence-electron chi connectivity index (χ2n) is 6.28. The predicted octanol–water partition coefficient (Wildman–Crippen LogP) is 5.41. The van der Waals surface area contributed by atoms with Gasteiger partial charge >= 0.3 is 5.97 Å². The lowest BCUT2D eigenvalue weighted by Crippen LogP contribution is -2.10. The van der Waals surface area contributed by atoms with Crippen LogP contribution in [0.4, 0.5) is 0 Å². The molecular formula is C16H32O2. The molecule has 0 heterocycles. The highest BCUT2D eigenvalue weighted by Crippen LogP contribution is 2.29. The van der Waals surface area contributed by atoms with Gasteiger partial charge in [0, 0.05) is 6.42 Å².